The third-order valence-corrected chi connectivity index (χ3v) is 5.89. The predicted molar refractivity (Wildman–Crippen MR) is 154 cm³/mol. The molecule has 0 fully saturated rings. The van der Waals surface area contributed by atoms with E-state index in [4.69, 9.17) is 15.2 Å². The van der Waals surface area contributed by atoms with Gasteiger partial charge < -0.3 is 26.0 Å². The molecule has 0 bridgehead atoms. The molecule has 0 saturated heterocycles. The summed E-state index contributed by atoms with van der Waals surface area (Å²) in [6.45, 7) is 1.93. The average molecular weight is 652 g/mol. The lowest BCUT2D eigenvalue weighted by Gasteiger charge is -2.12. The smallest absolute Gasteiger partial charge is 0.475 e. The molecule has 244 valence electrons. The molecule has 0 radical (unpaired) electrons. The number of nitrogens with one attached hydrogen (secondary N) is 3. The van der Waals surface area contributed by atoms with Crippen LogP contribution >= 0.6 is 0 Å². The van der Waals surface area contributed by atoms with E-state index in [0.717, 1.165) is 12.1 Å². The molecular weight excluding hydrogens is 624 g/mol. The minimum atomic E-state index is -5.08. The number of fused-ring (bicyclic) bond motifs is 1. The SMILES string of the molecule is CN(C)CCNC(=O)c1cn2c(NCCNc3ccc(C#N)cn3)nc(-c3ccc(C(F)(F)F)cc3)cc2n1.O=C(O)C(F)(F)F. The number of carboxylic acids is 1. The molecule has 4 aromatic rings. The van der Waals surface area contributed by atoms with Crippen molar-refractivity contribution in [1.82, 2.24) is 29.6 Å². The van der Waals surface area contributed by atoms with Crippen LogP contribution in [0.2, 0.25) is 0 Å². The Balaban J connectivity index is 0.000000738. The zero-order valence-electron chi connectivity index (χ0n) is 24.2. The van der Waals surface area contributed by atoms with Crippen molar-refractivity contribution in [3.8, 4) is 17.3 Å². The van der Waals surface area contributed by atoms with Crippen LogP contribution in [0.3, 0.4) is 0 Å². The van der Waals surface area contributed by atoms with Crippen molar-refractivity contribution in [3.05, 3.63) is 71.7 Å². The number of benzene rings is 1. The Morgan fingerprint density at radius 1 is 0.978 bits per heavy atom. The molecule has 1 aromatic carbocycles. The standard InChI is InChI=1S/C26H26F3N9O.C2HF3O2/c1-37(2)12-11-32-24(39)21-16-38-23(35-21)13-20(18-4-6-19(7-5-18)26(27,28)29)36-25(38)33-10-9-31-22-8-3-17(14-30)15-34-22;3-2(4,5)1(6)7/h3-8,13,15-16H,9-12H2,1-2H3,(H,31,34)(H,32,39)(H,33,36);(H,6,7). The van der Waals surface area contributed by atoms with Gasteiger partial charge in [0.25, 0.3) is 5.91 Å². The van der Waals surface area contributed by atoms with Gasteiger partial charge in [0.15, 0.2) is 0 Å². The van der Waals surface area contributed by atoms with Crippen molar-refractivity contribution < 1.29 is 41.0 Å². The fourth-order valence-electron chi connectivity index (χ4n) is 3.61. The number of halogens is 6. The molecular formula is C28H27F6N9O3. The van der Waals surface area contributed by atoms with Gasteiger partial charge in [-0.2, -0.15) is 31.6 Å². The van der Waals surface area contributed by atoms with Crippen molar-refractivity contribution in [1.29, 1.82) is 5.26 Å². The summed E-state index contributed by atoms with van der Waals surface area (Å²) in [7, 11) is 3.80. The zero-order chi connectivity index (χ0) is 34.1. The number of alkyl halides is 6. The van der Waals surface area contributed by atoms with Gasteiger partial charge in [0, 0.05) is 50.2 Å². The van der Waals surface area contributed by atoms with Crippen LogP contribution in [0.4, 0.5) is 38.1 Å². The second-order valence-corrected chi connectivity index (χ2v) is 9.65. The van der Waals surface area contributed by atoms with Crippen molar-refractivity contribution in [2.24, 2.45) is 0 Å². The monoisotopic (exact) mass is 651 g/mol. The summed E-state index contributed by atoms with van der Waals surface area (Å²) in [5.74, 6) is -2.16. The van der Waals surface area contributed by atoms with Crippen LogP contribution in [0, 0.1) is 11.3 Å². The first-order valence-corrected chi connectivity index (χ1v) is 13.2. The normalized spacial score (nSPS) is 11.4. The predicted octanol–water partition coefficient (Wildman–Crippen LogP) is 4.13. The summed E-state index contributed by atoms with van der Waals surface area (Å²) < 4.78 is 72.5. The van der Waals surface area contributed by atoms with E-state index in [0.29, 0.717) is 60.4 Å². The first-order valence-electron chi connectivity index (χ1n) is 13.2. The number of aliphatic carboxylic acids is 1. The molecule has 1 amide bonds. The van der Waals surface area contributed by atoms with Crippen molar-refractivity contribution in [3.63, 3.8) is 0 Å². The quantitative estimate of drug-likeness (QED) is 0.145. The molecule has 0 aliphatic heterocycles. The topological polar surface area (TPSA) is 161 Å². The Hall–Kier alpha value is -5.44. The fourth-order valence-corrected chi connectivity index (χ4v) is 3.61. The Bertz CT molecular complexity index is 1680. The van der Waals surface area contributed by atoms with Crippen LogP contribution in [0.5, 0.6) is 0 Å². The van der Waals surface area contributed by atoms with Crippen LogP contribution < -0.4 is 16.0 Å². The number of imidazole rings is 1. The van der Waals surface area contributed by atoms with E-state index >= 15 is 0 Å². The number of hydrogen-bond acceptors (Lipinski definition) is 9. The van der Waals surface area contributed by atoms with Gasteiger partial charge in [-0.05, 0) is 38.4 Å². The minimum Gasteiger partial charge on any atom is -0.475 e. The van der Waals surface area contributed by atoms with E-state index < -0.39 is 23.9 Å². The van der Waals surface area contributed by atoms with Crippen LogP contribution in [-0.2, 0) is 11.0 Å². The number of hydrogen-bond donors (Lipinski definition) is 4. The highest BCUT2D eigenvalue weighted by molar-refractivity contribution is 5.93. The Labute approximate surface area is 257 Å². The van der Waals surface area contributed by atoms with E-state index in [1.54, 1.807) is 28.8 Å². The Kier molecular flexibility index (Phi) is 11.4. The van der Waals surface area contributed by atoms with Gasteiger partial charge in [-0.25, -0.2) is 19.7 Å². The van der Waals surface area contributed by atoms with Crippen LogP contribution in [-0.4, -0.2) is 87.7 Å². The molecule has 4 rings (SSSR count). The number of amides is 1. The van der Waals surface area contributed by atoms with Crippen LogP contribution in [0.25, 0.3) is 16.9 Å². The molecule has 4 N–H and O–H groups in total. The van der Waals surface area contributed by atoms with Gasteiger partial charge in [0.1, 0.15) is 23.2 Å². The summed E-state index contributed by atoms with van der Waals surface area (Å²) in [4.78, 5) is 36.7. The number of nitrogens with zero attached hydrogens (tertiary/aromatic N) is 6. The third-order valence-electron chi connectivity index (χ3n) is 5.89. The summed E-state index contributed by atoms with van der Waals surface area (Å²) in [5.41, 5.74) is 1.14. The van der Waals surface area contributed by atoms with Gasteiger partial charge >= 0.3 is 18.3 Å². The molecule has 0 aliphatic rings. The lowest BCUT2D eigenvalue weighted by Crippen LogP contribution is -2.31. The van der Waals surface area contributed by atoms with E-state index in [9.17, 15) is 31.1 Å². The number of aromatic nitrogens is 4. The highest BCUT2D eigenvalue weighted by atomic mass is 19.4. The van der Waals surface area contributed by atoms with E-state index in [2.05, 4.69) is 30.9 Å². The second kappa shape index (κ2) is 15.0. The van der Waals surface area contributed by atoms with Gasteiger partial charge in [0.05, 0.1) is 16.8 Å². The highest BCUT2D eigenvalue weighted by Crippen LogP contribution is 2.31. The lowest BCUT2D eigenvalue weighted by atomic mass is 10.1. The Morgan fingerprint density at radius 3 is 2.17 bits per heavy atom. The molecule has 0 unspecified atom stereocenters. The van der Waals surface area contributed by atoms with Gasteiger partial charge in [-0.3, -0.25) is 9.20 Å². The van der Waals surface area contributed by atoms with Gasteiger partial charge in [-0.15, -0.1) is 0 Å². The number of carbonyl (C=O) groups is 2. The van der Waals surface area contributed by atoms with Gasteiger partial charge in [0.2, 0.25) is 5.95 Å². The number of nitriles is 1. The summed E-state index contributed by atoms with van der Waals surface area (Å²) in [6.07, 6.45) is -6.51. The van der Waals surface area contributed by atoms with Crippen molar-refractivity contribution >= 4 is 29.3 Å². The molecule has 3 heterocycles. The number of likely N-dealkylation sites (N-methyl/N-ethyl adjacent to an activating group) is 1. The maximum atomic E-state index is 13.0. The summed E-state index contributed by atoms with van der Waals surface area (Å²) >= 11 is 0. The Morgan fingerprint density at radius 2 is 1.63 bits per heavy atom. The van der Waals surface area contributed by atoms with E-state index in [1.807, 2.05) is 25.1 Å². The van der Waals surface area contributed by atoms with Gasteiger partial charge in [-0.1, -0.05) is 12.1 Å². The number of carbonyl (C=O) groups excluding carboxylic acids is 1. The molecule has 0 spiro atoms. The molecule has 46 heavy (non-hydrogen) atoms. The average Bonchev–Trinajstić information content (AvgIpc) is 3.43. The van der Waals surface area contributed by atoms with E-state index in [1.165, 1.54) is 18.3 Å². The molecule has 3 aromatic heterocycles. The molecule has 0 saturated carbocycles. The summed E-state index contributed by atoms with van der Waals surface area (Å²) in [6, 6.07) is 11.7. The first kappa shape index (κ1) is 35.0. The largest absolute Gasteiger partial charge is 0.490 e. The van der Waals surface area contributed by atoms with Crippen molar-refractivity contribution in [2.75, 3.05) is 50.9 Å². The first-order chi connectivity index (χ1) is 21.6. The zero-order valence-corrected chi connectivity index (χ0v) is 24.2. The highest BCUT2D eigenvalue weighted by Gasteiger charge is 2.38. The number of carboxylic acid groups (broad SMARTS) is 1. The van der Waals surface area contributed by atoms with E-state index in [-0.39, 0.29) is 11.6 Å². The molecule has 0 aliphatic carbocycles. The maximum Gasteiger partial charge on any atom is 0.490 e. The minimum absolute atomic E-state index is 0.183. The number of pyridine rings is 1. The van der Waals surface area contributed by atoms with Crippen molar-refractivity contribution in [2.45, 2.75) is 12.4 Å². The maximum absolute atomic E-state index is 13.0. The second-order valence-electron chi connectivity index (χ2n) is 9.65. The molecule has 18 heteroatoms. The third kappa shape index (κ3) is 10.1. The number of anilines is 2. The van der Waals surface area contributed by atoms with Crippen LogP contribution in [0.15, 0.2) is 54.9 Å². The van der Waals surface area contributed by atoms with Crippen LogP contribution in [0.1, 0.15) is 21.6 Å². The fraction of sp³-hybridized carbons (Fsp3) is 0.286. The lowest BCUT2D eigenvalue weighted by molar-refractivity contribution is -0.192. The summed E-state index contributed by atoms with van der Waals surface area (Å²) in [5, 5.41) is 25.2. The molecule has 12 nitrogen and oxygen atoms in total. The molecule has 0 atom stereocenters. The number of rotatable bonds is 10.